The largest absolute Gasteiger partial charge is 0.352 e. The van der Waals surface area contributed by atoms with E-state index in [9.17, 15) is 18.0 Å². The Labute approximate surface area is 242 Å². The maximum absolute atomic E-state index is 14.1. The number of rotatable bonds is 12. The molecule has 0 aliphatic heterocycles. The molecule has 0 bridgehead atoms. The molecular weight excluding hydrogens is 546 g/mol. The molecular formula is C31H36ClN3O4S. The van der Waals surface area contributed by atoms with Crippen molar-refractivity contribution < 1.29 is 18.0 Å². The summed E-state index contributed by atoms with van der Waals surface area (Å²) in [6.45, 7) is 1.67. The Kier molecular flexibility index (Phi) is 10.2. The highest BCUT2D eigenvalue weighted by Crippen LogP contribution is 2.27. The van der Waals surface area contributed by atoms with Crippen molar-refractivity contribution in [3.05, 3.63) is 95.5 Å². The van der Waals surface area contributed by atoms with Crippen LogP contribution in [0.15, 0.2) is 89.8 Å². The summed E-state index contributed by atoms with van der Waals surface area (Å²) in [6, 6.07) is 23.5. The Morgan fingerprint density at radius 2 is 1.60 bits per heavy atom. The Bertz CT molecular complexity index is 1380. The van der Waals surface area contributed by atoms with Gasteiger partial charge in [0.25, 0.3) is 10.0 Å². The van der Waals surface area contributed by atoms with Gasteiger partial charge in [-0.25, -0.2) is 8.42 Å². The fourth-order valence-corrected chi connectivity index (χ4v) is 6.75. The summed E-state index contributed by atoms with van der Waals surface area (Å²) in [4.78, 5) is 29.1. The van der Waals surface area contributed by atoms with E-state index in [0.29, 0.717) is 17.9 Å². The van der Waals surface area contributed by atoms with Crippen molar-refractivity contribution in [3.63, 3.8) is 0 Å². The van der Waals surface area contributed by atoms with Gasteiger partial charge in [0.2, 0.25) is 11.8 Å². The van der Waals surface area contributed by atoms with E-state index < -0.39 is 28.5 Å². The van der Waals surface area contributed by atoms with Crippen molar-refractivity contribution in [2.45, 2.75) is 62.4 Å². The average molecular weight is 582 g/mol. The molecule has 1 saturated carbocycles. The van der Waals surface area contributed by atoms with E-state index in [1.807, 2.05) is 37.3 Å². The molecule has 9 heteroatoms. The lowest BCUT2D eigenvalue weighted by molar-refractivity contribution is -0.139. The molecule has 0 aromatic heterocycles. The lowest BCUT2D eigenvalue weighted by atomic mass is 10.1. The standard InChI is InChI=1S/C31H36ClN3O4S/c1-2-29(31(37)33-26-15-9-10-16-26)34(21-20-24-12-5-3-6-13-24)30(36)23-35(27-17-11-14-25(32)22-27)40(38,39)28-18-7-4-8-19-28/h3-8,11-14,17-19,22,26,29H,2,9-10,15-16,20-21,23H2,1H3,(H,33,37). The first-order valence-electron chi connectivity index (χ1n) is 13.8. The van der Waals surface area contributed by atoms with Crippen molar-refractivity contribution >= 4 is 39.1 Å². The first-order valence-corrected chi connectivity index (χ1v) is 15.6. The van der Waals surface area contributed by atoms with Gasteiger partial charge in [-0.05, 0) is 61.6 Å². The topological polar surface area (TPSA) is 86.8 Å². The predicted molar refractivity (Wildman–Crippen MR) is 159 cm³/mol. The summed E-state index contributed by atoms with van der Waals surface area (Å²) in [5, 5.41) is 3.48. The summed E-state index contributed by atoms with van der Waals surface area (Å²) < 4.78 is 28.7. The van der Waals surface area contributed by atoms with E-state index in [2.05, 4.69) is 5.32 Å². The highest BCUT2D eigenvalue weighted by Gasteiger charge is 2.34. The third kappa shape index (κ3) is 7.43. The van der Waals surface area contributed by atoms with Crippen LogP contribution in [0.1, 0.15) is 44.6 Å². The minimum absolute atomic E-state index is 0.0598. The number of anilines is 1. The summed E-state index contributed by atoms with van der Waals surface area (Å²) in [7, 11) is -4.11. The number of nitrogens with zero attached hydrogens (tertiary/aromatic N) is 2. The number of carbonyl (C=O) groups excluding carboxylic acids is 2. The van der Waals surface area contributed by atoms with Crippen LogP contribution in [0.25, 0.3) is 0 Å². The second kappa shape index (κ2) is 13.8. The van der Waals surface area contributed by atoms with Gasteiger partial charge < -0.3 is 10.2 Å². The minimum atomic E-state index is -4.11. The van der Waals surface area contributed by atoms with Crippen LogP contribution in [0.4, 0.5) is 5.69 Å². The molecule has 1 N–H and O–H groups in total. The van der Waals surface area contributed by atoms with Gasteiger partial charge in [-0.1, -0.05) is 86.0 Å². The number of benzene rings is 3. The molecule has 3 aromatic carbocycles. The van der Waals surface area contributed by atoms with E-state index in [4.69, 9.17) is 11.6 Å². The highest BCUT2D eigenvalue weighted by molar-refractivity contribution is 7.92. The van der Waals surface area contributed by atoms with Crippen LogP contribution in [0.5, 0.6) is 0 Å². The van der Waals surface area contributed by atoms with E-state index in [0.717, 1.165) is 35.6 Å². The third-order valence-electron chi connectivity index (χ3n) is 7.28. The number of amides is 2. The molecule has 212 valence electrons. The molecule has 4 rings (SSSR count). The molecule has 40 heavy (non-hydrogen) atoms. The van der Waals surface area contributed by atoms with Crippen molar-refractivity contribution in [3.8, 4) is 0 Å². The monoisotopic (exact) mass is 581 g/mol. The highest BCUT2D eigenvalue weighted by atomic mass is 35.5. The Morgan fingerprint density at radius 1 is 0.950 bits per heavy atom. The maximum Gasteiger partial charge on any atom is 0.264 e. The van der Waals surface area contributed by atoms with Gasteiger partial charge in [0, 0.05) is 17.6 Å². The third-order valence-corrected chi connectivity index (χ3v) is 9.30. The van der Waals surface area contributed by atoms with E-state index in [-0.39, 0.29) is 29.1 Å². The zero-order valence-electron chi connectivity index (χ0n) is 22.7. The molecule has 1 unspecified atom stereocenters. The molecule has 1 fully saturated rings. The van der Waals surface area contributed by atoms with Crippen LogP contribution in [0, 0.1) is 0 Å². The van der Waals surface area contributed by atoms with Crippen LogP contribution in [0.2, 0.25) is 5.02 Å². The number of carbonyl (C=O) groups is 2. The Hall–Kier alpha value is -3.36. The van der Waals surface area contributed by atoms with Gasteiger partial charge >= 0.3 is 0 Å². The second-order valence-corrected chi connectivity index (χ2v) is 12.3. The molecule has 0 heterocycles. The summed E-state index contributed by atoms with van der Waals surface area (Å²) >= 11 is 6.23. The van der Waals surface area contributed by atoms with Crippen LogP contribution < -0.4 is 9.62 Å². The second-order valence-electron chi connectivity index (χ2n) is 10.0. The van der Waals surface area contributed by atoms with Gasteiger partial charge in [-0.2, -0.15) is 0 Å². The summed E-state index contributed by atoms with van der Waals surface area (Å²) in [6.07, 6.45) is 4.94. The average Bonchev–Trinajstić information content (AvgIpc) is 3.47. The molecule has 0 radical (unpaired) electrons. The SMILES string of the molecule is CCC(C(=O)NC1CCCC1)N(CCc1ccccc1)C(=O)CN(c1cccc(Cl)c1)S(=O)(=O)c1ccccc1. The molecule has 1 aliphatic rings. The number of nitrogens with one attached hydrogen (secondary N) is 1. The van der Waals surface area contributed by atoms with Crippen molar-refractivity contribution in [2.24, 2.45) is 0 Å². The molecule has 1 aliphatic carbocycles. The van der Waals surface area contributed by atoms with Gasteiger partial charge in [-0.15, -0.1) is 0 Å². The number of hydrogen-bond acceptors (Lipinski definition) is 4. The number of hydrogen-bond donors (Lipinski definition) is 1. The fourth-order valence-electron chi connectivity index (χ4n) is 5.14. The van der Waals surface area contributed by atoms with E-state index in [1.165, 1.54) is 23.1 Å². The number of sulfonamides is 1. The molecule has 0 spiro atoms. The van der Waals surface area contributed by atoms with E-state index >= 15 is 0 Å². The molecule has 0 saturated heterocycles. The Balaban J connectivity index is 1.66. The van der Waals surface area contributed by atoms with Crippen LogP contribution in [-0.2, 0) is 26.0 Å². The van der Waals surface area contributed by atoms with Crippen molar-refractivity contribution in [1.29, 1.82) is 0 Å². The van der Waals surface area contributed by atoms with Gasteiger partial charge in [-0.3, -0.25) is 13.9 Å². The maximum atomic E-state index is 14.1. The zero-order valence-corrected chi connectivity index (χ0v) is 24.3. The number of halogens is 1. The van der Waals surface area contributed by atoms with Gasteiger partial charge in [0.05, 0.1) is 10.6 Å². The quantitative estimate of drug-likeness (QED) is 0.308. The predicted octanol–water partition coefficient (Wildman–Crippen LogP) is 5.44. The van der Waals surface area contributed by atoms with Crippen LogP contribution in [-0.4, -0.2) is 50.3 Å². The van der Waals surface area contributed by atoms with Gasteiger partial charge in [0.1, 0.15) is 12.6 Å². The van der Waals surface area contributed by atoms with E-state index in [1.54, 1.807) is 36.4 Å². The van der Waals surface area contributed by atoms with Crippen LogP contribution in [0.3, 0.4) is 0 Å². The molecule has 1 atom stereocenters. The normalized spacial score (nSPS) is 14.4. The molecule has 3 aromatic rings. The summed E-state index contributed by atoms with van der Waals surface area (Å²) in [5.74, 6) is -0.653. The Morgan fingerprint density at radius 3 is 2.23 bits per heavy atom. The minimum Gasteiger partial charge on any atom is -0.352 e. The lowest BCUT2D eigenvalue weighted by Gasteiger charge is -2.33. The summed E-state index contributed by atoms with van der Waals surface area (Å²) in [5.41, 5.74) is 1.30. The van der Waals surface area contributed by atoms with Crippen molar-refractivity contribution in [1.82, 2.24) is 10.2 Å². The first-order chi connectivity index (χ1) is 19.3. The zero-order chi connectivity index (χ0) is 28.5. The van der Waals surface area contributed by atoms with Crippen LogP contribution >= 0.6 is 11.6 Å². The lowest BCUT2D eigenvalue weighted by Crippen LogP contribution is -2.54. The van der Waals surface area contributed by atoms with Crippen molar-refractivity contribution in [2.75, 3.05) is 17.4 Å². The van der Waals surface area contributed by atoms with Gasteiger partial charge in [0.15, 0.2) is 0 Å². The molecule has 7 nitrogen and oxygen atoms in total. The first kappa shape index (κ1) is 29.6. The fraction of sp³-hybridized carbons (Fsp3) is 0.355. The molecule has 2 amide bonds. The smallest absolute Gasteiger partial charge is 0.264 e.